The molecule has 2 nitrogen and oxygen atoms in total. The number of alkyl halides is 1. The Labute approximate surface area is 139 Å². The van der Waals surface area contributed by atoms with Crippen molar-refractivity contribution < 1.29 is 4.79 Å². The van der Waals surface area contributed by atoms with Crippen molar-refractivity contribution in [1.82, 2.24) is 5.32 Å². The fourth-order valence-corrected chi connectivity index (χ4v) is 3.91. The van der Waals surface area contributed by atoms with Crippen LogP contribution >= 0.6 is 34.2 Å². The highest BCUT2D eigenvalue weighted by Gasteiger charge is 2.25. The second kappa shape index (κ2) is 7.64. The average molecular weight is 406 g/mol. The first-order valence-corrected chi connectivity index (χ1v) is 8.84. The van der Waals surface area contributed by atoms with Crippen molar-refractivity contribution in [3.8, 4) is 0 Å². The first kappa shape index (κ1) is 16.1. The van der Waals surface area contributed by atoms with Crippen LogP contribution in [0.3, 0.4) is 0 Å². The van der Waals surface area contributed by atoms with Crippen molar-refractivity contribution in [3.63, 3.8) is 0 Å². The van der Waals surface area contributed by atoms with E-state index in [1.54, 1.807) is 0 Å². The number of nitrogens with one attached hydrogen (secondary N) is 1. The summed E-state index contributed by atoms with van der Waals surface area (Å²) in [6.45, 7) is 2.78. The lowest BCUT2D eigenvalue weighted by atomic mass is 9.80. The molecule has 0 spiro atoms. The Morgan fingerprint density at radius 2 is 2.05 bits per heavy atom. The Bertz CT molecular complexity index is 478. The zero-order valence-electron chi connectivity index (χ0n) is 11.8. The zero-order valence-corrected chi connectivity index (χ0v) is 14.7. The molecular formula is C16H21ClINO. The first-order valence-electron chi connectivity index (χ1n) is 7.22. The molecule has 2 atom stereocenters. The molecule has 0 bridgehead atoms. The summed E-state index contributed by atoms with van der Waals surface area (Å²) >= 11 is 8.28. The molecular weight excluding hydrogens is 385 g/mol. The lowest BCUT2D eigenvalue weighted by Gasteiger charge is -2.30. The van der Waals surface area contributed by atoms with Crippen LogP contribution < -0.4 is 5.32 Å². The van der Waals surface area contributed by atoms with Gasteiger partial charge in [-0.25, -0.2) is 0 Å². The predicted octanol–water partition coefficient (Wildman–Crippen LogP) is 4.37. The maximum absolute atomic E-state index is 12.3. The molecule has 1 aliphatic carbocycles. The van der Waals surface area contributed by atoms with E-state index < -0.39 is 0 Å². The van der Waals surface area contributed by atoms with E-state index in [9.17, 15) is 4.79 Å². The Morgan fingerprint density at radius 3 is 2.75 bits per heavy atom. The topological polar surface area (TPSA) is 29.1 Å². The third-order valence-electron chi connectivity index (χ3n) is 4.23. The molecule has 0 saturated heterocycles. The molecule has 1 aromatic rings. The predicted molar refractivity (Wildman–Crippen MR) is 92.4 cm³/mol. The number of carbonyl (C=O) groups is 1. The molecule has 1 saturated carbocycles. The SMILES string of the molecule is Cc1cccc(C(=O)NCC2CCCCC2CCl)c1I. The van der Waals surface area contributed by atoms with Gasteiger partial charge in [-0.1, -0.05) is 25.0 Å². The Morgan fingerprint density at radius 1 is 1.35 bits per heavy atom. The summed E-state index contributed by atoms with van der Waals surface area (Å²) < 4.78 is 1.04. The number of aryl methyl sites for hydroxylation is 1. The van der Waals surface area contributed by atoms with E-state index in [0.717, 1.165) is 21.2 Å². The molecule has 1 fully saturated rings. The first-order chi connectivity index (χ1) is 9.63. The lowest BCUT2D eigenvalue weighted by molar-refractivity contribution is 0.0935. The van der Waals surface area contributed by atoms with Crippen molar-refractivity contribution in [2.24, 2.45) is 11.8 Å². The van der Waals surface area contributed by atoms with E-state index in [0.29, 0.717) is 17.7 Å². The number of hydrogen-bond donors (Lipinski definition) is 1. The van der Waals surface area contributed by atoms with Gasteiger partial charge in [0.2, 0.25) is 0 Å². The second-order valence-corrected chi connectivity index (χ2v) is 6.99. The monoisotopic (exact) mass is 405 g/mol. The van der Waals surface area contributed by atoms with Crippen molar-refractivity contribution in [3.05, 3.63) is 32.9 Å². The largest absolute Gasteiger partial charge is 0.352 e. The van der Waals surface area contributed by atoms with Crippen LogP contribution in [0.1, 0.15) is 41.6 Å². The van der Waals surface area contributed by atoms with Gasteiger partial charge in [0.25, 0.3) is 5.91 Å². The molecule has 2 rings (SSSR count). The van der Waals surface area contributed by atoms with Gasteiger partial charge < -0.3 is 5.32 Å². The van der Waals surface area contributed by atoms with Crippen LogP contribution in [-0.2, 0) is 0 Å². The number of benzene rings is 1. The van der Waals surface area contributed by atoms with Gasteiger partial charge in [-0.05, 0) is 65.8 Å². The summed E-state index contributed by atoms with van der Waals surface area (Å²) in [5.41, 5.74) is 1.93. The Kier molecular flexibility index (Phi) is 6.15. The second-order valence-electron chi connectivity index (χ2n) is 5.61. The fourth-order valence-electron chi connectivity index (χ4n) is 2.90. The van der Waals surface area contributed by atoms with E-state index in [2.05, 4.69) is 27.9 Å². The van der Waals surface area contributed by atoms with Gasteiger partial charge in [-0.2, -0.15) is 0 Å². The van der Waals surface area contributed by atoms with Gasteiger partial charge in [0.15, 0.2) is 0 Å². The maximum atomic E-state index is 12.3. The molecule has 1 aliphatic rings. The molecule has 0 aliphatic heterocycles. The van der Waals surface area contributed by atoms with Crippen molar-refractivity contribution >= 4 is 40.1 Å². The van der Waals surface area contributed by atoms with Gasteiger partial charge in [0.1, 0.15) is 0 Å². The van der Waals surface area contributed by atoms with Crippen LogP contribution in [0.2, 0.25) is 0 Å². The number of amides is 1. The van der Waals surface area contributed by atoms with E-state index >= 15 is 0 Å². The van der Waals surface area contributed by atoms with Crippen LogP contribution in [0.5, 0.6) is 0 Å². The minimum absolute atomic E-state index is 0.0389. The van der Waals surface area contributed by atoms with Gasteiger partial charge in [0.05, 0.1) is 5.56 Å². The summed E-state index contributed by atoms with van der Waals surface area (Å²) in [5, 5.41) is 3.10. The molecule has 20 heavy (non-hydrogen) atoms. The summed E-state index contributed by atoms with van der Waals surface area (Å²) in [6.07, 6.45) is 4.92. The van der Waals surface area contributed by atoms with E-state index in [4.69, 9.17) is 11.6 Å². The summed E-state index contributed by atoms with van der Waals surface area (Å²) in [7, 11) is 0. The molecule has 1 N–H and O–H groups in total. The number of hydrogen-bond acceptors (Lipinski definition) is 1. The minimum atomic E-state index is 0.0389. The van der Waals surface area contributed by atoms with Crippen LogP contribution in [0, 0.1) is 22.3 Å². The van der Waals surface area contributed by atoms with Gasteiger partial charge in [0, 0.05) is 16.0 Å². The summed E-state index contributed by atoms with van der Waals surface area (Å²) in [4.78, 5) is 12.3. The molecule has 2 unspecified atom stereocenters. The van der Waals surface area contributed by atoms with Crippen molar-refractivity contribution in [1.29, 1.82) is 0 Å². The quantitative estimate of drug-likeness (QED) is 0.585. The smallest absolute Gasteiger partial charge is 0.252 e. The molecule has 110 valence electrons. The van der Waals surface area contributed by atoms with Gasteiger partial charge >= 0.3 is 0 Å². The fraction of sp³-hybridized carbons (Fsp3) is 0.562. The highest BCUT2D eigenvalue weighted by molar-refractivity contribution is 14.1. The van der Waals surface area contributed by atoms with Crippen LogP contribution in [0.4, 0.5) is 0 Å². The standard InChI is InChI=1S/C16H21ClINO/c1-11-5-4-8-14(15(11)18)16(20)19-10-13-7-3-2-6-12(13)9-17/h4-5,8,12-13H,2-3,6-7,9-10H2,1H3,(H,19,20). The Balaban J connectivity index is 1.96. The maximum Gasteiger partial charge on any atom is 0.252 e. The number of rotatable bonds is 4. The zero-order chi connectivity index (χ0) is 14.5. The third-order valence-corrected chi connectivity index (χ3v) is 6.05. The van der Waals surface area contributed by atoms with E-state index in [1.807, 2.05) is 25.1 Å². The molecule has 0 aromatic heterocycles. The van der Waals surface area contributed by atoms with Crippen LogP contribution in [-0.4, -0.2) is 18.3 Å². The normalized spacial score (nSPS) is 22.6. The molecule has 4 heteroatoms. The van der Waals surface area contributed by atoms with E-state index in [-0.39, 0.29) is 5.91 Å². The van der Waals surface area contributed by atoms with Crippen molar-refractivity contribution in [2.75, 3.05) is 12.4 Å². The highest BCUT2D eigenvalue weighted by atomic mass is 127. The highest BCUT2D eigenvalue weighted by Crippen LogP contribution is 2.30. The summed E-state index contributed by atoms with van der Waals surface area (Å²) in [6, 6.07) is 5.86. The third kappa shape index (κ3) is 3.88. The molecule has 1 aromatic carbocycles. The van der Waals surface area contributed by atoms with Gasteiger partial charge in [-0.15, -0.1) is 11.6 Å². The molecule has 0 heterocycles. The van der Waals surface area contributed by atoms with Crippen molar-refractivity contribution in [2.45, 2.75) is 32.6 Å². The lowest BCUT2D eigenvalue weighted by Crippen LogP contribution is -2.35. The summed E-state index contributed by atoms with van der Waals surface area (Å²) in [5.74, 6) is 1.84. The molecule has 1 amide bonds. The minimum Gasteiger partial charge on any atom is -0.352 e. The van der Waals surface area contributed by atoms with E-state index in [1.165, 1.54) is 25.7 Å². The van der Waals surface area contributed by atoms with Gasteiger partial charge in [-0.3, -0.25) is 4.79 Å². The molecule has 0 radical (unpaired) electrons. The van der Waals surface area contributed by atoms with Crippen LogP contribution in [0.25, 0.3) is 0 Å². The van der Waals surface area contributed by atoms with Crippen LogP contribution in [0.15, 0.2) is 18.2 Å². The number of halogens is 2. The number of carbonyl (C=O) groups excluding carboxylic acids is 1. The Hall–Kier alpha value is -0.290. The average Bonchev–Trinajstić information content (AvgIpc) is 2.48.